The maximum atomic E-state index is 11.9. The molecule has 0 aliphatic rings. The van der Waals surface area contributed by atoms with Gasteiger partial charge < -0.3 is 29.6 Å². The summed E-state index contributed by atoms with van der Waals surface area (Å²) in [5.41, 5.74) is 0.926. The van der Waals surface area contributed by atoms with E-state index in [0.717, 1.165) is 44.0 Å². The molecule has 0 spiro atoms. The fraction of sp³-hybridized carbons (Fsp3) is 0.667. The van der Waals surface area contributed by atoms with Crippen LogP contribution in [0.5, 0.6) is 0 Å². The van der Waals surface area contributed by atoms with Crippen LogP contribution in [0.25, 0.3) is 0 Å². The van der Waals surface area contributed by atoms with E-state index in [0.29, 0.717) is 32.5 Å². The zero-order valence-corrected chi connectivity index (χ0v) is 21.5. The van der Waals surface area contributed by atoms with Crippen molar-refractivity contribution in [3.8, 4) is 0 Å². The standard InChI is InChI=1S/C27H44N2O6/c1-27(2,35-22-19-29-26(32)33-23-24-15-11-10-12-16-24)34-21-18-28-25(31)17-13-8-6-4-3-5-7-9-14-20-30/h10-12,15-16,20H,3-9,13-14,17-19,21-23H2,1-2H3,(H,28,31)(H,29,32). The van der Waals surface area contributed by atoms with E-state index in [4.69, 9.17) is 14.2 Å². The van der Waals surface area contributed by atoms with E-state index in [1.165, 1.54) is 19.3 Å². The molecule has 35 heavy (non-hydrogen) atoms. The molecule has 0 radical (unpaired) electrons. The Labute approximate surface area is 210 Å². The highest BCUT2D eigenvalue weighted by molar-refractivity contribution is 5.75. The molecule has 198 valence electrons. The van der Waals surface area contributed by atoms with E-state index in [9.17, 15) is 14.4 Å². The van der Waals surface area contributed by atoms with Crippen molar-refractivity contribution in [3.63, 3.8) is 0 Å². The lowest BCUT2D eigenvalue weighted by molar-refractivity contribution is -0.211. The Kier molecular flexibility index (Phi) is 17.3. The molecule has 8 nitrogen and oxygen atoms in total. The average molecular weight is 493 g/mol. The minimum absolute atomic E-state index is 0.0411. The monoisotopic (exact) mass is 492 g/mol. The van der Waals surface area contributed by atoms with Crippen molar-refractivity contribution < 1.29 is 28.6 Å². The van der Waals surface area contributed by atoms with Crippen LogP contribution in [0.3, 0.4) is 0 Å². The zero-order valence-electron chi connectivity index (χ0n) is 21.5. The summed E-state index contributed by atoms with van der Waals surface area (Å²) in [6.07, 6.45) is 10.5. The second-order valence-corrected chi connectivity index (χ2v) is 8.97. The van der Waals surface area contributed by atoms with E-state index >= 15 is 0 Å². The van der Waals surface area contributed by atoms with Crippen molar-refractivity contribution in [2.75, 3.05) is 26.3 Å². The van der Waals surface area contributed by atoms with Crippen LogP contribution in [-0.4, -0.2) is 50.4 Å². The van der Waals surface area contributed by atoms with E-state index in [1.54, 1.807) is 13.8 Å². The summed E-state index contributed by atoms with van der Waals surface area (Å²) in [6, 6.07) is 9.48. The molecule has 0 bridgehead atoms. The number of hydrogen-bond acceptors (Lipinski definition) is 6. The number of alkyl carbamates (subject to hydrolysis) is 1. The Balaban J connectivity index is 1.94. The van der Waals surface area contributed by atoms with Gasteiger partial charge in [-0.3, -0.25) is 4.79 Å². The second-order valence-electron chi connectivity index (χ2n) is 8.97. The predicted octanol–water partition coefficient (Wildman–Crippen LogP) is 4.90. The fourth-order valence-corrected chi connectivity index (χ4v) is 3.42. The molecular weight excluding hydrogens is 448 g/mol. The summed E-state index contributed by atoms with van der Waals surface area (Å²) in [5.74, 6) is -0.785. The van der Waals surface area contributed by atoms with Crippen molar-refractivity contribution in [1.82, 2.24) is 10.6 Å². The van der Waals surface area contributed by atoms with E-state index in [2.05, 4.69) is 10.6 Å². The zero-order chi connectivity index (χ0) is 25.6. The number of amides is 2. The topological polar surface area (TPSA) is 103 Å². The lowest BCUT2D eigenvalue weighted by Crippen LogP contribution is -2.36. The molecule has 0 fully saturated rings. The molecule has 0 aliphatic carbocycles. The summed E-state index contributed by atoms with van der Waals surface area (Å²) in [4.78, 5) is 33.9. The molecule has 0 heterocycles. The van der Waals surface area contributed by atoms with Gasteiger partial charge in [-0.25, -0.2) is 4.79 Å². The largest absolute Gasteiger partial charge is 0.445 e. The number of carbonyl (C=O) groups is 3. The number of ether oxygens (including phenoxy) is 3. The number of hydrogen-bond donors (Lipinski definition) is 2. The van der Waals surface area contributed by atoms with Crippen molar-refractivity contribution in [2.45, 2.75) is 90.4 Å². The summed E-state index contributed by atoms with van der Waals surface area (Å²) in [6.45, 7) is 5.16. The fourth-order valence-electron chi connectivity index (χ4n) is 3.42. The summed E-state index contributed by atoms with van der Waals surface area (Å²) in [7, 11) is 0. The molecular formula is C27H44N2O6. The molecule has 2 amide bonds. The third-order valence-corrected chi connectivity index (χ3v) is 5.38. The smallest absolute Gasteiger partial charge is 0.407 e. The van der Waals surface area contributed by atoms with Crippen LogP contribution in [0.2, 0.25) is 0 Å². The van der Waals surface area contributed by atoms with Crippen molar-refractivity contribution in [1.29, 1.82) is 0 Å². The van der Waals surface area contributed by atoms with Crippen LogP contribution < -0.4 is 10.6 Å². The Bertz CT molecular complexity index is 696. The van der Waals surface area contributed by atoms with Gasteiger partial charge in [0.25, 0.3) is 0 Å². The van der Waals surface area contributed by atoms with Gasteiger partial charge in [0.2, 0.25) is 5.91 Å². The minimum Gasteiger partial charge on any atom is -0.445 e. The maximum Gasteiger partial charge on any atom is 0.407 e. The maximum absolute atomic E-state index is 11.9. The van der Waals surface area contributed by atoms with Gasteiger partial charge >= 0.3 is 6.09 Å². The first-order valence-electron chi connectivity index (χ1n) is 12.9. The molecule has 1 aromatic carbocycles. The number of rotatable bonds is 21. The molecule has 1 rings (SSSR count). The van der Waals surface area contributed by atoms with Gasteiger partial charge in [0.1, 0.15) is 12.9 Å². The van der Waals surface area contributed by atoms with Gasteiger partial charge in [0.15, 0.2) is 5.79 Å². The predicted molar refractivity (Wildman–Crippen MR) is 136 cm³/mol. The lowest BCUT2D eigenvalue weighted by Gasteiger charge is -2.26. The van der Waals surface area contributed by atoms with Gasteiger partial charge in [-0.05, 0) is 32.3 Å². The van der Waals surface area contributed by atoms with Crippen LogP contribution in [-0.2, 0) is 30.4 Å². The molecule has 0 aliphatic heterocycles. The minimum atomic E-state index is -0.826. The van der Waals surface area contributed by atoms with Gasteiger partial charge in [0.05, 0.1) is 13.2 Å². The molecule has 8 heteroatoms. The third kappa shape index (κ3) is 18.5. The number of carbonyl (C=O) groups excluding carboxylic acids is 3. The van der Waals surface area contributed by atoms with Crippen molar-refractivity contribution in [2.24, 2.45) is 0 Å². The molecule has 0 saturated carbocycles. The van der Waals surface area contributed by atoms with Crippen molar-refractivity contribution >= 4 is 18.3 Å². The summed E-state index contributed by atoms with van der Waals surface area (Å²) in [5, 5.41) is 5.52. The van der Waals surface area contributed by atoms with Gasteiger partial charge in [-0.15, -0.1) is 0 Å². The molecule has 0 atom stereocenters. The number of unbranched alkanes of at least 4 members (excludes halogenated alkanes) is 8. The van der Waals surface area contributed by atoms with E-state index in [-0.39, 0.29) is 19.1 Å². The quantitative estimate of drug-likeness (QED) is 0.144. The number of nitrogens with one attached hydrogen (secondary N) is 2. The normalized spacial score (nSPS) is 11.1. The molecule has 0 aromatic heterocycles. The molecule has 1 aromatic rings. The van der Waals surface area contributed by atoms with Crippen molar-refractivity contribution in [3.05, 3.63) is 35.9 Å². The van der Waals surface area contributed by atoms with Gasteiger partial charge in [0, 0.05) is 25.9 Å². The molecule has 0 unspecified atom stereocenters. The van der Waals surface area contributed by atoms with Crippen LogP contribution in [0.15, 0.2) is 30.3 Å². The third-order valence-electron chi connectivity index (χ3n) is 5.38. The summed E-state index contributed by atoms with van der Waals surface area (Å²) < 4.78 is 16.5. The van der Waals surface area contributed by atoms with Gasteiger partial charge in [-0.1, -0.05) is 68.9 Å². The highest BCUT2D eigenvalue weighted by Gasteiger charge is 2.18. The Morgan fingerprint density at radius 1 is 0.829 bits per heavy atom. The Hall–Kier alpha value is -2.45. The van der Waals surface area contributed by atoms with Gasteiger partial charge in [-0.2, -0.15) is 0 Å². The van der Waals surface area contributed by atoms with Crippen LogP contribution in [0.4, 0.5) is 4.79 Å². The van der Waals surface area contributed by atoms with Crippen LogP contribution in [0, 0.1) is 0 Å². The first-order chi connectivity index (χ1) is 16.9. The molecule has 2 N–H and O–H groups in total. The average Bonchev–Trinajstić information content (AvgIpc) is 2.85. The van der Waals surface area contributed by atoms with Crippen LogP contribution >= 0.6 is 0 Å². The Morgan fingerprint density at radius 2 is 1.40 bits per heavy atom. The van der Waals surface area contributed by atoms with E-state index in [1.807, 2.05) is 30.3 Å². The highest BCUT2D eigenvalue weighted by Crippen LogP contribution is 2.11. The SMILES string of the molecule is CC(C)(OCCNC(=O)CCCCCCCCCCC=O)OCCNC(=O)OCc1ccccc1. The lowest BCUT2D eigenvalue weighted by atomic mass is 10.1. The number of aldehydes is 1. The summed E-state index contributed by atoms with van der Waals surface area (Å²) >= 11 is 0. The first-order valence-corrected chi connectivity index (χ1v) is 12.9. The second kappa shape index (κ2) is 19.8. The van der Waals surface area contributed by atoms with Crippen LogP contribution in [0.1, 0.15) is 83.6 Å². The number of benzene rings is 1. The first kappa shape index (κ1) is 30.6. The van der Waals surface area contributed by atoms with E-state index < -0.39 is 11.9 Å². The molecule has 0 saturated heterocycles. The highest BCUT2D eigenvalue weighted by atomic mass is 16.7. The Morgan fingerprint density at radius 3 is 2.03 bits per heavy atom.